The van der Waals surface area contributed by atoms with Crippen LogP contribution in [-0.2, 0) is 7.05 Å². The van der Waals surface area contributed by atoms with Crippen LogP contribution in [0.4, 0.5) is 0 Å². The molecule has 0 radical (unpaired) electrons. The van der Waals surface area contributed by atoms with Crippen LogP contribution in [0.15, 0.2) is 33.9 Å². The van der Waals surface area contributed by atoms with Crippen LogP contribution in [0.25, 0.3) is 5.69 Å². The zero-order valence-electron chi connectivity index (χ0n) is 10.3. The number of nitrogens with zero attached hydrogens (tertiary/aromatic N) is 4. The molecule has 2 aromatic rings. The average Bonchev–Trinajstić information content (AvgIpc) is 2.46. The Hall–Kier alpha value is -2.83. The van der Waals surface area contributed by atoms with Crippen molar-refractivity contribution in [3.63, 3.8) is 0 Å². The van der Waals surface area contributed by atoms with Crippen LogP contribution in [-0.4, -0.2) is 9.13 Å². The normalized spacial score (nSPS) is 9.80. The minimum Gasteiger partial charge on any atom is -0.268 e. The summed E-state index contributed by atoms with van der Waals surface area (Å²) in [5.74, 6) is 0. The molecular formula is C13H7ClN4O2. The van der Waals surface area contributed by atoms with Gasteiger partial charge in [0.25, 0.3) is 5.56 Å². The van der Waals surface area contributed by atoms with Crippen molar-refractivity contribution in [1.82, 2.24) is 9.13 Å². The smallest absolute Gasteiger partial charge is 0.268 e. The van der Waals surface area contributed by atoms with Crippen LogP contribution >= 0.6 is 11.6 Å². The summed E-state index contributed by atoms with van der Waals surface area (Å²) in [7, 11) is 1.25. The summed E-state index contributed by atoms with van der Waals surface area (Å²) in [5, 5.41) is 18.6. The first-order chi connectivity index (χ1) is 9.51. The lowest BCUT2D eigenvalue weighted by atomic mass is 10.2. The number of hydrogen-bond acceptors (Lipinski definition) is 4. The lowest BCUT2D eigenvalue weighted by Gasteiger charge is -2.10. The molecule has 0 fully saturated rings. The molecule has 1 heterocycles. The second-order valence-corrected chi connectivity index (χ2v) is 4.34. The Balaban J connectivity index is 2.98. The Kier molecular flexibility index (Phi) is 3.43. The van der Waals surface area contributed by atoms with E-state index in [1.165, 1.54) is 19.2 Å². The first-order valence-electron chi connectivity index (χ1n) is 5.43. The van der Waals surface area contributed by atoms with Crippen LogP contribution in [0, 0.1) is 22.7 Å². The molecule has 2 rings (SSSR count). The van der Waals surface area contributed by atoms with Crippen molar-refractivity contribution >= 4 is 11.6 Å². The quantitative estimate of drug-likeness (QED) is 0.780. The van der Waals surface area contributed by atoms with Crippen molar-refractivity contribution in [2.24, 2.45) is 7.05 Å². The van der Waals surface area contributed by atoms with Gasteiger partial charge in [-0.3, -0.25) is 13.9 Å². The Labute approximate surface area is 118 Å². The highest BCUT2D eigenvalue weighted by atomic mass is 35.5. The molecule has 0 saturated heterocycles. The number of halogens is 1. The van der Waals surface area contributed by atoms with Gasteiger partial charge >= 0.3 is 5.69 Å². The van der Waals surface area contributed by atoms with Gasteiger partial charge in [-0.15, -0.1) is 0 Å². The predicted molar refractivity (Wildman–Crippen MR) is 71.7 cm³/mol. The van der Waals surface area contributed by atoms with Gasteiger partial charge in [-0.2, -0.15) is 10.5 Å². The SMILES string of the molecule is Cn1c(=O)c(C#N)c(C#N)n(-c2ccc(Cl)cc2)c1=O. The number of rotatable bonds is 1. The highest BCUT2D eigenvalue weighted by molar-refractivity contribution is 6.30. The van der Waals surface area contributed by atoms with Crippen molar-refractivity contribution in [1.29, 1.82) is 10.5 Å². The standard InChI is InChI=1S/C13H7ClN4O2/c1-17-12(19)10(6-15)11(7-16)18(13(17)20)9-4-2-8(14)3-5-9/h2-5H,1H3. The fraction of sp³-hybridized carbons (Fsp3) is 0.0769. The van der Waals surface area contributed by atoms with Crippen LogP contribution in [0.1, 0.15) is 11.3 Å². The van der Waals surface area contributed by atoms with Gasteiger partial charge in [0, 0.05) is 12.1 Å². The number of benzene rings is 1. The molecule has 0 aliphatic carbocycles. The molecular weight excluding hydrogens is 280 g/mol. The molecule has 0 bridgehead atoms. The van der Waals surface area contributed by atoms with Gasteiger partial charge < -0.3 is 0 Å². The summed E-state index contributed by atoms with van der Waals surface area (Å²) < 4.78 is 1.80. The highest BCUT2D eigenvalue weighted by Crippen LogP contribution is 2.14. The average molecular weight is 287 g/mol. The second-order valence-electron chi connectivity index (χ2n) is 3.91. The maximum Gasteiger partial charge on any atom is 0.336 e. The minimum absolute atomic E-state index is 0.289. The van der Waals surface area contributed by atoms with Crippen molar-refractivity contribution in [3.05, 3.63) is 61.4 Å². The fourth-order valence-corrected chi connectivity index (χ4v) is 1.88. The van der Waals surface area contributed by atoms with Gasteiger partial charge in [-0.1, -0.05) is 11.6 Å². The Morgan fingerprint density at radius 2 is 1.70 bits per heavy atom. The van der Waals surface area contributed by atoms with Crippen LogP contribution in [0.5, 0.6) is 0 Å². The molecule has 7 heteroatoms. The molecule has 98 valence electrons. The molecule has 0 N–H and O–H groups in total. The molecule has 20 heavy (non-hydrogen) atoms. The van der Waals surface area contributed by atoms with Gasteiger partial charge in [0.05, 0.1) is 5.69 Å². The summed E-state index contributed by atoms with van der Waals surface area (Å²) >= 11 is 5.77. The molecule has 0 amide bonds. The summed E-state index contributed by atoms with van der Waals surface area (Å²) in [6.45, 7) is 0. The van der Waals surface area contributed by atoms with E-state index in [0.29, 0.717) is 10.7 Å². The second kappa shape index (κ2) is 5.04. The van der Waals surface area contributed by atoms with E-state index in [1.54, 1.807) is 24.3 Å². The predicted octanol–water partition coefficient (Wildman–Crippen LogP) is 0.933. The van der Waals surface area contributed by atoms with Gasteiger partial charge in [-0.05, 0) is 24.3 Å². The van der Waals surface area contributed by atoms with Crippen molar-refractivity contribution in [3.8, 4) is 17.8 Å². The van der Waals surface area contributed by atoms with Gasteiger partial charge in [0.2, 0.25) is 0 Å². The van der Waals surface area contributed by atoms with Crippen molar-refractivity contribution in [2.75, 3.05) is 0 Å². The molecule has 0 spiro atoms. The molecule has 0 aliphatic heterocycles. The minimum atomic E-state index is -0.792. The molecule has 1 aromatic heterocycles. The monoisotopic (exact) mass is 286 g/mol. The van der Waals surface area contributed by atoms with Crippen molar-refractivity contribution in [2.45, 2.75) is 0 Å². The van der Waals surface area contributed by atoms with E-state index >= 15 is 0 Å². The maximum atomic E-state index is 12.2. The third-order valence-corrected chi connectivity index (χ3v) is 3.01. The number of hydrogen-bond donors (Lipinski definition) is 0. The van der Waals surface area contributed by atoms with Crippen LogP contribution in [0.3, 0.4) is 0 Å². The van der Waals surface area contributed by atoms with Crippen LogP contribution < -0.4 is 11.2 Å². The molecule has 1 aromatic carbocycles. The van der Waals surface area contributed by atoms with E-state index in [9.17, 15) is 9.59 Å². The van der Waals surface area contributed by atoms with Gasteiger partial charge in [0.15, 0.2) is 11.3 Å². The molecule has 6 nitrogen and oxygen atoms in total. The summed E-state index contributed by atoms with van der Waals surface area (Å²) in [6.07, 6.45) is 0. The Bertz CT molecular complexity index is 879. The zero-order valence-corrected chi connectivity index (χ0v) is 11.0. The van der Waals surface area contributed by atoms with Crippen LogP contribution in [0.2, 0.25) is 5.02 Å². The summed E-state index contributed by atoms with van der Waals surface area (Å²) in [4.78, 5) is 23.9. The highest BCUT2D eigenvalue weighted by Gasteiger charge is 2.18. The zero-order chi connectivity index (χ0) is 14.9. The first kappa shape index (κ1) is 13.6. The number of nitriles is 2. The lowest BCUT2D eigenvalue weighted by molar-refractivity contribution is 0.718. The first-order valence-corrected chi connectivity index (χ1v) is 5.81. The Morgan fingerprint density at radius 3 is 2.20 bits per heavy atom. The van der Waals surface area contributed by atoms with Gasteiger partial charge in [0.1, 0.15) is 12.1 Å². The van der Waals surface area contributed by atoms with Crippen molar-refractivity contribution < 1.29 is 0 Å². The van der Waals surface area contributed by atoms with E-state index < -0.39 is 11.2 Å². The van der Waals surface area contributed by atoms with E-state index in [2.05, 4.69) is 0 Å². The summed E-state index contributed by atoms with van der Waals surface area (Å²) in [6, 6.07) is 9.53. The third kappa shape index (κ3) is 1.99. The molecule has 0 unspecified atom stereocenters. The van der Waals surface area contributed by atoms with E-state index in [0.717, 1.165) is 9.13 Å². The van der Waals surface area contributed by atoms with E-state index in [-0.39, 0.29) is 11.3 Å². The molecule has 0 atom stereocenters. The number of aromatic nitrogens is 2. The third-order valence-electron chi connectivity index (χ3n) is 2.76. The molecule has 0 saturated carbocycles. The van der Waals surface area contributed by atoms with E-state index in [4.69, 9.17) is 22.1 Å². The topological polar surface area (TPSA) is 91.6 Å². The molecule has 0 aliphatic rings. The van der Waals surface area contributed by atoms with E-state index in [1.807, 2.05) is 0 Å². The van der Waals surface area contributed by atoms with Gasteiger partial charge in [-0.25, -0.2) is 4.79 Å². The largest absolute Gasteiger partial charge is 0.336 e. The summed E-state index contributed by atoms with van der Waals surface area (Å²) in [5.41, 5.74) is -1.80. The Morgan fingerprint density at radius 1 is 1.10 bits per heavy atom. The fourth-order valence-electron chi connectivity index (χ4n) is 1.75. The lowest BCUT2D eigenvalue weighted by Crippen LogP contribution is -2.40. The maximum absolute atomic E-state index is 12.2.